The van der Waals surface area contributed by atoms with E-state index < -0.39 is 23.8 Å². The van der Waals surface area contributed by atoms with Crippen molar-refractivity contribution in [2.75, 3.05) is 4.90 Å². The average molecular weight is 469 g/mol. The number of carbonyl (C=O) groups excluding carboxylic acids is 4. The van der Waals surface area contributed by atoms with Gasteiger partial charge in [-0.15, -0.1) is 0 Å². The largest absolute Gasteiger partial charge is 0.545 e. The van der Waals surface area contributed by atoms with Gasteiger partial charge < -0.3 is 14.6 Å². The zero-order valence-corrected chi connectivity index (χ0v) is 19.0. The number of carbonyl (C=O) groups is 4. The number of urea groups is 1. The van der Waals surface area contributed by atoms with Crippen LogP contribution in [0, 0.1) is 13.8 Å². The fraction of sp³-hybridized carbons (Fsp3) is 0.111. The van der Waals surface area contributed by atoms with Crippen molar-refractivity contribution < 1.29 is 29.0 Å². The fourth-order valence-electron chi connectivity index (χ4n) is 3.58. The number of nitrogens with zero attached hydrogens (tertiary/aromatic N) is 1. The Kier molecular flexibility index (Phi) is 6.46. The van der Waals surface area contributed by atoms with Crippen LogP contribution in [0.4, 0.5) is 10.5 Å². The third-order valence-electron chi connectivity index (χ3n) is 5.62. The molecular weight excluding hydrogens is 448 g/mol. The van der Waals surface area contributed by atoms with E-state index in [0.717, 1.165) is 21.6 Å². The summed E-state index contributed by atoms with van der Waals surface area (Å²) in [5.74, 6) is -3.08. The van der Waals surface area contributed by atoms with E-state index in [9.17, 15) is 24.3 Å². The van der Waals surface area contributed by atoms with Crippen molar-refractivity contribution in [2.45, 2.75) is 20.5 Å². The number of benzene rings is 3. The van der Waals surface area contributed by atoms with Crippen LogP contribution in [0.3, 0.4) is 0 Å². The Balaban J connectivity index is 1.65. The van der Waals surface area contributed by atoms with Crippen LogP contribution in [0.5, 0.6) is 5.75 Å². The molecule has 0 radical (unpaired) electrons. The molecule has 4 rings (SSSR count). The van der Waals surface area contributed by atoms with Gasteiger partial charge in [0.25, 0.3) is 11.8 Å². The first-order chi connectivity index (χ1) is 16.7. The lowest BCUT2D eigenvalue weighted by Crippen LogP contribution is -2.54. The average Bonchev–Trinajstić information content (AvgIpc) is 2.83. The third kappa shape index (κ3) is 4.96. The lowest BCUT2D eigenvalue weighted by molar-refractivity contribution is -0.255. The van der Waals surface area contributed by atoms with Crippen LogP contribution in [0.1, 0.15) is 32.6 Å². The minimum atomic E-state index is -1.47. The van der Waals surface area contributed by atoms with E-state index in [1.165, 1.54) is 24.3 Å². The molecule has 4 amide bonds. The van der Waals surface area contributed by atoms with Gasteiger partial charge in [-0.1, -0.05) is 42.5 Å². The van der Waals surface area contributed by atoms with E-state index >= 15 is 0 Å². The monoisotopic (exact) mass is 469 g/mol. The Labute approximate surface area is 201 Å². The van der Waals surface area contributed by atoms with E-state index in [1.807, 2.05) is 44.2 Å². The zero-order chi connectivity index (χ0) is 25.1. The van der Waals surface area contributed by atoms with E-state index in [1.54, 1.807) is 18.2 Å². The fourth-order valence-corrected chi connectivity index (χ4v) is 3.58. The highest BCUT2D eigenvalue weighted by molar-refractivity contribution is 6.39. The molecule has 0 aromatic heterocycles. The third-order valence-corrected chi connectivity index (χ3v) is 5.62. The normalized spacial score (nSPS) is 14.7. The van der Waals surface area contributed by atoms with Crippen molar-refractivity contribution >= 4 is 35.6 Å². The highest BCUT2D eigenvalue weighted by atomic mass is 16.5. The lowest BCUT2D eigenvalue weighted by atomic mass is 10.0. The summed E-state index contributed by atoms with van der Waals surface area (Å²) in [6.45, 7) is 3.89. The number of anilines is 1. The van der Waals surface area contributed by atoms with Gasteiger partial charge in [-0.05, 0) is 66.4 Å². The Morgan fingerprint density at radius 1 is 0.971 bits per heavy atom. The van der Waals surface area contributed by atoms with Gasteiger partial charge in [-0.25, -0.2) is 9.69 Å². The molecule has 8 heteroatoms. The molecule has 0 spiro atoms. The second-order valence-corrected chi connectivity index (χ2v) is 8.04. The molecule has 176 valence electrons. The highest BCUT2D eigenvalue weighted by Gasteiger charge is 2.36. The topological polar surface area (TPSA) is 116 Å². The molecule has 1 aliphatic heterocycles. The molecule has 1 saturated heterocycles. The number of hydrogen-bond donors (Lipinski definition) is 1. The molecule has 0 saturated carbocycles. The minimum absolute atomic E-state index is 0.0855. The molecule has 1 heterocycles. The summed E-state index contributed by atoms with van der Waals surface area (Å²) in [5, 5.41) is 13.9. The van der Waals surface area contributed by atoms with Gasteiger partial charge in [0.1, 0.15) is 17.9 Å². The molecule has 1 aliphatic rings. The van der Waals surface area contributed by atoms with Crippen LogP contribution in [-0.4, -0.2) is 23.8 Å². The molecule has 3 aromatic carbocycles. The Morgan fingerprint density at radius 2 is 1.71 bits per heavy atom. The smallest absolute Gasteiger partial charge is 0.335 e. The number of aryl methyl sites for hydroxylation is 2. The summed E-state index contributed by atoms with van der Waals surface area (Å²) in [6, 6.07) is 17.6. The van der Waals surface area contributed by atoms with Crippen LogP contribution in [0.15, 0.2) is 72.3 Å². The SMILES string of the molecule is Cc1ccc(N2C(=O)NC(=O)/C(=C\c3ccc(OCc4ccccc4)c(C(=O)[O-])c3)C2=O)cc1C. The maximum absolute atomic E-state index is 13.1. The summed E-state index contributed by atoms with van der Waals surface area (Å²) in [7, 11) is 0. The van der Waals surface area contributed by atoms with E-state index in [0.29, 0.717) is 5.69 Å². The van der Waals surface area contributed by atoms with Crippen molar-refractivity contribution in [3.05, 3.63) is 100 Å². The molecular formula is C27H21N2O6-. The van der Waals surface area contributed by atoms with Gasteiger partial charge in [0.2, 0.25) is 0 Å². The van der Waals surface area contributed by atoms with Gasteiger partial charge in [0, 0.05) is 5.56 Å². The number of ether oxygens (including phenoxy) is 1. The first-order valence-corrected chi connectivity index (χ1v) is 10.8. The second kappa shape index (κ2) is 9.64. The summed E-state index contributed by atoms with van der Waals surface area (Å²) >= 11 is 0. The number of imide groups is 2. The number of barbiturate groups is 1. The van der Waals surface area contributed by atoms with Crippen molar-refractivity contribution in [2.24, 2.45) is 0 Å². The van der Waals surface area contributed by atoms with E-state index in [2.05, 4.69) is 5.32 Å². The van der Waals surface area contributed by atoms with Crippen LogP contribution >= 0.6 is 0 Å². The van der Waals surface area contributed by atoms with Crippen molar-refractivity contribution in [3.63, 3.8) is 0 Å². The van der Waals surface area contributed by atoms with Gasteiger partial charge in [0.15, 0.2) is 0 Å². The van der Waals surface area contributed by atoms with Gasteiger partial charge in [-0.3, -0.25) is 14.9 Å². The molecule has 35 heavy (non-hydrogen) atoms. The van der Waals surface area contributed by atoms with Crippen molar-refractivity contribution in [3.8, 4) is 5.75 Å². The Morgan fingerprint density at radius 3 is 2.40 bits per heavy atom. The van der Waals surface area contributed by atoms with Gasteiger partial charge in [0.05, 0.1) is 11.7 Å². The maximum Gasteiger partial charge on any atom is 0.335 e. The molecule has 0 unspecified atom stereocenters. The van der Waals surface area contributed by atoms with Crippen LogP contribution in [0.25, 0.3) is 6.08 Å². The molecule has 0 atom stereocenters. The van der Waals surface area contributed by atoms with Crippen molar-refractivity contribution in [1.82, 2.24) is 5.32 Å². The van der Waals surface area contributed by atoms with Crippen LogP contribution in [-0.2, 0) is 16.2 Å². The first-order valence-electron chi connectivity index (χ1n) is 10.8. The minimum Gasteiger partial charge on any atom is -0.545 e. The Bertz CT molecular complexity index is 1380. The summed E-state index contributed by atoms with van der Waals surface area (Å²) in [4.78, 5) is 50.6. The molecule has 0 aliphatic carbocycles. The Hall–Kier alpha value is -4.72. The van der Waals surface area contributed by atoms with Crippen LogP contribution < -0.4 is 20.1 Å². The van der Waals surface area contributed by atoms with E-state index in [-0.39, 0.29) is 29.1 Å². The van der Waals surface area contributed by atoms with E-state index in [4.69, 9.17) is 4.74 Å². The quantitative estimate of drug-likeness (QED) is 0.438. The second-order valence-electron chi connectivity index (χ2n) is 8.04. The predicted molar refractivity (Wildman–Crippen MR) is 126 cm³/mol. The van der Waals surface area contributed by atoms with Crippen molar-refractivity contribution in [1.29, 1.82) is 0 Å². The maximum atomic E-state index is 13.1. The number of carboxylic acid groups (broad SMARTS) is 1. The number of hydrogen-bond acceptors (Lipinski definition) is 6. The molecule has 1 fully saturated rings. The lowest BCUT2D eigenvalue weighted by Gasteiger charge is -2.27. The standard InChI is InChI=1S/C27H22N2O6/c1-16-8-10-20(12-17(16)2)29-25(31)22(24(30)28-27(29)34)14-19-9-11-23(21(13-19)26(32)33)35-15-18-6-4-3-5-7-18/h3-14H,15H2,1-2H3,(H,32,33)(H,28,30,34)/p-1/b22-14+. The number of aromatic carboxylic acids is 1. The van der Waals surface area contributed by atoms with Crippen LogP contribution in [0.2, 0.25) is 0 Å². The molecule has 0 bridgehead atoms. The molecule has 1 N–H and O–H groups in total. The zero-order valence-electron chi connectivity index (χ0n) is 19.0. The predicted octanol–water partition coefficient (Wildman–Crippen LogP) is 2.91. The number of nitrogens with one attached hydrogen (secondary N) is 1. The number of amides is 4. The summed E-state index contributed by atoms with van der Waals surface area (Å²) in [6.07, 6.45) is 1.23. The summed E-state index contributed by atoms with van der Waals surface area (Å²) < 4.78 is 5.64. The molecule has 3 aromatic rings. The summed E-state index contributed by atoms with van der Waals surface area (Å²) in [5.41, 5.74) is 2.72. The highest BCUT2D eigenvalue weighted by Crippen LogP contribution is 2.26. The first kappa shape index (κ1) is 23.4. The van der Waals surface area contributed by atoms with Gasteiger partial charge >= 0.3 is 6.03 Å². The van der Waals surface area contributed by atoms with Gasteiger partial charge in [-0.2, -0.15) is 0 Å². The molecule has 8 nitrogen and oxygen atoms in total. The number of rotatable bonds is 6. The number of carboxylic acids is 1.